The maximum absolute atomic E-state index is 12.3. The molecule has 0 amide bonds. The van der Waals surface area contributed by atoms with Gasteiger partial charge in [-0.3, -0.25) is 9.59 Å². The van der Waals surface area contributed by atoms with E-state index < -0.39 is 0 Å². The molecule has 0 heterocycles. The first-order valence-electron chi connectivity index (χ1n) is 6.89. The lowest BCUT2D eigenvalue weighted by molar-refractivity contribution is -0.121. The molecule has 1 aromatic carbocycles. The van der Waals surface area contributed by atoms with Gasteiger partial charge in [0, 0.05) is 24.3 Å². The van der Waals surface area contributed by atoms with Crippen molar-refractivity contribution < 1.29 is 14.3 Å². The van der Waals surface area contributed by atoms with Crippen molar-refractivity contribution in [1.82, 2.24) is 0 Å². The second kappa shape index (κ2) is 6.00. The third-order valence-electron chi connectivity index (χ3n) is 3.36. The number of ketones is 2. The van der Waals surface area contributed by atoms with Crippen molar-refractivity contribution >= 4 is 11.6 Å². The minimum Gasteiger partial charge on any atom is -0.491 e. The Morgan fingerprint density at radius 2 is 1.95 bits per heavy atom. The highest BCUT2D eigenvalue weighted by molar-refractivity contribution is 6.00. The van der Waals surface area contributed by atoms with Gasteiger partial charge < -0.3 is 4.74 Å². The van der Waals surface area contributed by atoms with Gasteiger partial charge in [-0.1, -0.05) is 0 Å². The summed E-state index contributed by atoms with van der Waals surface area (Å²) in [6.07, 6.45) is 2.82. The lowest BCUT2D eigenvalue weighted by Crippen LogP contribution is -2.22. The highest BCUT2D eigenvalue weighted by Crippen LogP contribution is 2.25. The van der Waals surface area contributed by atoms with Gasteiger partial charge in [0.1, 0.15) is 11.5 Å². The van der Waals surface area contributed by atoms with E-state index in [1.807, 2.05) is 26.0 Å². The number of carbonyl (C=O) groups excluding carboxylic acids is 2. The quantitative estimate of drug-likeness (QED) is 0.779. The summed E-state index contributed by atoms with van der Waals surface area (Å²) in [6.45, 7) is 3.93. The number of Topliss-reactive ketones (excluding diaryl/α,β-unsaturated/α-hetero) is 2. The molecular weight excluding hydrogens is 240 g/mol. The van der Waals surface area contributed by atoms with Crippen LogP contribution in [-0.4, -0.2) is 17.7 Å². The summed E-state index contributed by atoms with van der Waals surface area (Å²) in [5, 5.41) is 0. The first-order chi connectivity index (χ1) is 9.06. The molecule has 0 bridgehead atoms. The van der Waals surface area contributed by atoms with Crippen LogP contribution in [-0.2, 0) is 4.79 Å². The van der Waals surface area contributed by atoms with Gasteiger partial charge in [0.05, 0.1) is 6.10 Å². The molecule has 1 atom stereocenters. The largest absolute Gasteiger partial charge is 0.491 e. The number of rotatable bonds is 4. The molecule has 1 aliphatic carbocycles. The summed E-state index contributed by atoms with van der Waals surface area (Å²) in [4.78, 5) is 23.7. The van der Waals surface area contributed by atoms with Gasteiger partial charge in [0.15, 0.2) is 5.78 Å². The van der Waals surface area contributed by atoms with Gasteiger partial charge in [0.2, 0.25) is 0 Å². The van der Waals surface area contributed by atoms with Crippen molar-refractivity contribution in [2.75, 3.05) is 0 Å². The number of benzene rings is 1. The van der Waals surface area contributed by atoms with E-state index in [0.717, 1.165) is 18.6 Å². The van der Waals surface area contributed by atoms with E-state index in [0.29, 0.717) is 18.4 Å². The highest BCUT2D eigenvalue weighted by Gasteiger charge is 2.26. The molecule has 0 radical (unpaired) electrons. The molecule has 1 unspecified atom stereocenters. The van der Waals surface area contributed by atoms with Crippen LogP contribution in [0.5, 0.6) is 5.75 Å². The molecule has 1 saturated carbocycles. The van der Waals surface area contributed by atoms with E-state index in [-0.39, 0.29) is 23.6 Å². The van der Waals surface area contributed by atoms with Crippen molar-refractivity contribution in [3.8, 4) is 5.75 Å². The molecule has 19 heavy (non-hydrogen) atoms. The number of ether oxygens (including phenoxy) is 1. The van der Waals surface area contributed by atoms with Crippen molar-refractivity contribution in [2.45, 2.75) is 45.6 Å². The van der Waals surface area contributed by atoms with Crippen LogP contribution in [0.25, 0.3) is 0 Å². The molecule has 0 spiro atoms. The van der Waals surface area contributed by atoms with Crippen LogP contribution in [0.4, 0.5) is 0 Å². The fourth-order valence-electron chi connectivity index (χ4n) is 2.45. The van der Waals surface area contributed by atoms with Crippen LogP contribution in [0.3, 0.4) is 0 Å². The summed E-state index contributed by atoms with van der Waals surface area (Å²) in [7, 11) is 0. The zero-order chi connectivity index (χ0) is 13.8. The monoisotopic (exact) mass is 260 g/mol. The Morgan fingerprint density at radius 1 is 1.26 bits per heavy atom. The molecule has 2 rings (SSSR count). The van der Waals surface area contributed by atoms with Crippen LogP contribution in [0.1, 0.15) is 49.9 Å². The molecule has 1 aromatic rings. The van der Waals surface area contributed by atoms with Crippen molar-refractivity contribution in [2.24, 2.45) is 5.92 Å². The summed E-state index contributed by atoms with van der Waals surface area (Å²) in [5.74, 6) is 0.942. The molecule has 0 N–H and O–H groups in total. The number of hydrogen-bond donors (Lipinski definition) is 0. The van der Waals surface area contributed by atoms with E-state index in [9.17, 15) is 9.59 Å². The average Bonchev–Trinajstić information content (AvgIpc) is 2.38. The molecule has 3 heteroatoms. The zero-order valence-electron chi connectivity index (χ0n) is 11.5. The maximum Gasteiger partial charge on any atom is 0.166 e. The average molecular weight is 260 g/mol. The Hall–Kier alpha value is -1.64. The summed E-state index contributed by atoms with van der Waals surface area (Å²) in [6, 6.07) is 7.22. The summed E-state index contributed by atoms with van der Waals surface area (Å²) < 4.78 is 5.55. The SMILES string of the molecule is CC(C)Oc1ccc(C(=O)C2CCCC(=O)C2)cc1. The van der Waals surface area contributed by atoms with Gasteiger partial charge in [-0.15, -0.1) is 0 Å². The van der Waals surface area contributed by atoms with Crippen LogP contribution >= 0.6 is 0 Å². The third kappa shape index (κ3) is 3.66. The van der Waals surface area contributed by atoms with Crippen LogP contribution in [0, 0.1) is 5.92 Å². The van der Waals surface area contributed by atoms with E-state index in [2.05, 4.69) is 0 Å². The lowest BCUT2D eigenvalue weighted by atomic mass is 9.83. The first kappa shape index (κ1) is 13.8. The second-order valence-electron chi connectivity index (χ2n) is 5.39. The van der Waals surface area contributed by atoms with Crippen LogP contribution < -0.4 is 4.74 Å². The third-order valence-corrected chi connectivity index (χ3v) is 3.36. The zero-order valence-corrected chi connectivity index (χ0v) is 11.5. The Balaban J connectivity index is 2.04. The number of carbonyl (C=O) groups is 2. The Labute approximate surface area is 114 Å². The first-order valence-corrected chi connectivity index (χ1v) is 6.89. The van der Waals surface area contributed by atoms with E-state index in [4.69, 9.17) is 4.74 Å². The van der Waals surface area contributed by atoms with E-state index in [1.54, 1.807) is 12.1 Å². The summed E-state index contributed by atoms with van der Waals surface area (Å²) in [5.41, 5.74) is 0.677. The minimum atomic E-state index is -0.127. The van der Waals surface area contributed by atoms with Crippen LogP contribution in [0.15, 0.2) is 24.3 Å². The molecule has 1 fully saturated rings. The fourth-order valence-corrected chi connectivity index (χ4v) is 2.45. The Morgan fingerprint density at radius 3 is 2.53 bits per heavy atom. The minimum absolute atomic E-state index is 0.0872. The predicted molar refractivity (Wildman–Crippen MR) is 73.5 cm³/mol. The Kier molecular flexibility index (Phi) is 4.35. The van der Waals surface area contributed by atoms with Gasteiger partial charge >= 0.3 is 0 Å². The van der Waals surface area contributed by atoms with Crippen molar-refractivity contribution in [3.05, 3.63) is 29.8 Å². The standard InChI is InChI=1S/C16H20O3/c1-11(2)19-15-8-6-12(7-9-15)16(18)13-4-3-5-14(17)10-13/h6-9,11,13H,3-5,10H2,1-2H3. The van der Waals surface area contributed by atoms with Gasteiger partial charge in [-0.2, -0.15) is 0 Å². The molecule has 0 aromatic heterocycles. The predicted octanol–water partition coefficient (Wildman–Crippen LogP) is 3.42. The number of hydrogen-bond acceptors (Lipinski definition) is 3. The molecule has 1 aliphatic rings. The lowest BCUT2D eigenvalue weighted by Gasteiger charge is -2.19. The Bertz CT molecular complexity index is 459. The maximum atomic E-state index is 12.3. The van der Waals surface area contributed by atoms with Gasteiger partial charge in [0.25, 0.3) is 0 Å². The van der Waals surface area contributed by atoms with Gasteiger partial charge in [-0.05, 0) is 51.0 Å². The fraction of sp³-hybridized carbons (Fsp3) is 0.500. The van der Waals surface area contributed by atoms with E-state index >= 15 is 0 Å². The molecule has 0 saturated heterocycles. The normalized spacial score (nSPS) is 19.5. The van der Waals surface area contributed by atoms with Crippen LogP contribution in [0.2, 0.25) is 0 Å². The molecule has 3 nitrogen and oxygen atoms in total. The topological polar surface area (TPSA) is 43.4 Å². The van der Waals surface area contributed by atoms with E-state index in [1.165, 1.54) is 0 Å². The summed E-state index contributed by atoms with van der Waals surface area (Å²) >= 11 is 0. The second-order valence-corrected chi connectivity index (χ2v) is 5.39. The van der Waals surface area contributed by atoms with Crippen molar-refractivity contribution in [3.63, 3.8) is 0 Å². The van der Waals surface area contributed by atoms with Crippen molar-refractivity contribution in [1.29, 1.82) is 0 Å². The molecular formula is C16H20O3. The van der Waals surface area contributed by atoms with Gasteiger partial charge in [-0.25, -0.2) is 0 Å². The smallest absolute Gasteiger partial charge is 0.166 e. The highest BCUT2D eigenvalue weighted by atomic mass is 16.5. The molecule has 102 valence electrons. The molecule has 0 aliphatic heterocycles.